The lowest BCUT2D eigenvalue weighted by molar-refractivity contribution is 0.1000. The van der Waals surface area contributed by atoms with Gasteiger partial charge < -0.3 is 15.8 Å². The molecule has 0 radical (unpaired) electrons. The third-order valence-electron chi connectivity index (χ3n) is 5.16. The van der Waals surface area contributed by atoms with Gasteiger partial charge in [0.25, 0.3) is 0 Å². The number of pyridine rings is 1. The zero-order chi connectivity index (χ0) is 20.2. The standard InChI is InChI=1S/C23H22FN3O2/c24-17-4-1-3-15(13-17)11-12-26-20-9-8-19-18(20)5-2-6-21(19)29-22-10-7-16(14-27-22)23(25)28/h1-7,10,13-14,20,26H,8-9,11-12H2,(H2,25,28). The Bertz CT molecular complexity index is 1020. The molecule has 1 aliphatic carbocycles. The van der Waals surface area contributed by atoms with Gasteiger partial charge in [0.2, 0.25) is 11.8 Å². The Morgan fingerprint density at radius 2 is 2.07 bits per heavy atom. The number of rotatable bonds is 7. The molecule has 3 N–H and O–H groups in total. The molecule has 1 unspecified atom stereocenters. The molecule has 29 heavy (non-hydrogen) atoms. The predicted octanol–water partition coefficient (Wildman–Crippen LogP) is 3.93. The van der Waals surface area contributed by atoms with E-state index in [4.69, 9.17) is 10.5 Å². The van der Waals surface area contributed by atoms with Gasteiger partial charge in [-0.1, -0.05) is 24.3 Å². The van der Waals surface area contributed by atoms with E-state index in [0.29, 0.717) is 11.4 Å². The molecular weight excluding hydrogens is 369 g/mol. The van der Waals surface area contributed by atoms with Crippen LogP contribution in [-0.2, 0) is 12.8 Å². The molecule has 148 valence electrons. The van der Waals surface area contributed by atoms with Crippen molar-refractivity contribution in [3.8, 4) is 11.6 Å². The van der Waals surface area contributed by atoms with Gasteiger partial charge in [0.05, 0.1) is 5.56 Å². The number of benzene rings is 2. The molecule has 5 nitrogen and oxygen atoms in total. The summed E-state index contributed by atoms with van der Waals surface area (Å²) in [6.45, 7) is 0.773. The Morgan fingerprint density at radius 1 is 1.21 bits per heavy atom. The molecular formula is C23H22FN3O2. The minimum atomic E-state index is -0.517. The van der Waals surface area contributed by atoms with Crippen molar-refractivity contribution in [3.05, 3.63) is 88.9 Å². The Balaban J connectivity index is 1.42. The van der Waals surface area contributed by atoms with Crippen molar-refractivity contribution in [3.63, 3.8) is 0 Å². The normalized spacial score (nSPS) is 15.1. The zero-order valence-corrected chi connectivity index (χ0v) is 15.9. The second kappa shape index (κ2) is 8.41. The SMILES string of the molecule is NC(=O)c1ccc(Oc2cccc3c2CCC3NCCc2cccc(F)c2)nc1. The van der Waals surface area contributed by atoms with E-state index in [9.17, 15) is 9.18 Å². The van der Waals surface area contributed by atoms with Crippen molar-refractivity contribution in [1.82, 2.24) is 10.3 Å². The summed E-state index contributed by atoms with van der Waals surface area (Å²) in [5.74, 6) is 0.479. The van der Waals surface area contributed by atoms with Crippen molar-refractivity contribution in [2.75, 3.05) is 6.54 Å². The molecule has 6 heteroatoms. The van der Waals surface area contributed by atoms with Crippen LogP contribution in [0.2, 0.25) is 0 Å². The van der Waals surface area contributed by atoms with Crippen LogP contribution in [0.4, 0.5) is 4.39 Å². The summed E-state index contributed by atoms with van der Waals surface area (Å²) in [5.41, 5.74) is 8.96. The van der Waals surface area contributed by atoms with Crippen LogP contribution in [0.5, 0.6) is 11.6 Å². The fourth-order valence-corrected chi connectivity index (χ4v) is 3.71. The second-order valence-corrected chi connectivity index (χ2v) is 7.10. The van der Waals surface area contributed by atoms with Gasteiger partial charge in [-0.05, 0) is 66.8 Å². The number of hydrogen-bond donors (Lipinski definition) is 2. The van der Waals surface area contributed by atoms with Gasteiger partial charge in [-0.25, -0.2) is 9.37 Å². The summed E-state index contributed by atoms with van der Waals surface area (Å²) in [6, 6.07) is 16.2. The Morgan fingerprint density at radius 3 is 2.83 bits per heavy atom. The Hall–Kier alpha value is -3.25. The summed E-state index contributed by atoms with van der Waals surface area (Å²) >= 11 is 0. The molecule has 1 heterocycles. The topological polar surface area (TPSA) is 77.2 Å². The number of primary amides is 1. The number of hydrogen-bond acceptors (Lipinski definition) is 4. The summed E-state index contributed by atoms with van der Waals surface area (Å²) in [6.07, 6.45) is 4.07. The summed E-state index contributed by atoms with van der Waals surface area (Å²) in [5, 5.41) is 3.57. The van der Waals surface area contributed by atoms with Crippen LogP contribution in [0, 0.1) is 5.82 Å². The van der Waals surface area contributed by atoms with Crippen LogP contribution in [0.15, 0.2) is 60.8 Å². The smallest absolute Gasteiger partial charge is 0.250 e. The van der Waals surface area contributed by atoms with Crippen LogP contribution >= 0.6 is 0 Å². The van der Waals surface area contributed by atoms with Gasteiger partial charge in [0.15, 0.2) is 0 Å². The first-order valence-electron chi connectivity index (χ1n) is 9.63. The molecule has 0 fully saturated rings. The average Bonchev–Trinajstić information content (AvgIpc) is 3.13. The van der Waals surface area contributed by atoms with E-state index in [2.05, 4.69) is 16.4 Å². The highest BCUT2D eigenvalue weighted by molar-refractivity contribution is 5.92. The molecule has 0 aliphatic heterocycles. The van der Waals surface area contributed by atoms with E-state index in [1.54, 1.807) is 24.3 Å². The van der Waals surface area contributed by atoms with Crippen molar-refractivity contribution < 1.29 is 13.9 Å². The molecule has 1 aromatic heterocycles. The molecule has 0 saturated heterocycles. The maximum atomic E-state index is 13.3. The molecule has 4 rings (SSSR count). The molecule has 1 aliphatic rings. The van der Waals surface area contributed by atoms with Crippen LogP contribution in [0.1, 0.15) is 39.5 Å². The van der Waals surface area contributed by atoms with Crippen LogP contribution in [0.3, 0.4) is 0 Å². The van der Waals surface area contributed by atoms with Crippen LogP contribution in [-0.4, -0.2) is 17.4 Å². The number of carbonyl (C=O) groups is 1. The molecule has 2 aromatic carbocycles. The highest BCUT2D eigenvalue weighted by Gasteiger charge is 2.25. The summed E-state index contributed by atoms with van der Waals surface area (Å²) in [7, 11) is 0. The maximum Gasteiger partial charge on any atom is 0.250 e. The molecule has 0 spiro atoms. The lowest BCUT2D eigenvalue weighted by Crippen LogP contribution is -2.21. The highest BCUT2D eigenvalue weighted by atomic mass is 19.1. The van der Waals surface area contributed by atoms with Crippen molar-refractivity contribution in [1.29, 1.82) is 0 Å². The largest absolute Gasteiger partial charge is 0.439 e. The van der Waals surface area contributed by atoms with E-state index in [-0.39, 0.29) is 11.9 Å². The number of amides is 1. The quantitative estimate of drug-likeness (QED) is 0.640. The highest BCUT2D eigenvalue weighted by Crippen LogP contribution is 2.38. The molecule has 1 atom stereocenters. The molecule has 3 aromatic rings. The number of aromatic nitrogens is 1. The number of nitrogens with two attached hydrogens (primary N) is 1. The van der Waals surface area contributed by atoms with Crippen molar-refractivity contribution in [2.24, 2.45) is 5.73 Å². The van der Waals surface area contributed by atoms with Gasteiger partial charge in [0.1, 0.15) is 11.6 Å². The minimum absolute atomic E-state index is 0.201. The molecule has 0 saturated carbocycles. The lowest BCUT2D eigenvalue weighted by atomic mass is 10.1. The Labute approximate surface area is 168 Å². The minimum Gasteiger partial charge on any atom is -0.439 e. The van der Waals surface area contributed by atoms with Gasteiger partial charge in [-0.15, -0.1) is 0 Å². The molecule has 1 amide bonds. The van der Waals surface area contributed by atoms with E-state index in [0.717, 1.165) is 42.7 Å². The number of fused-ring (bicyclic) bond motifs is 1. The number of halogens is 1. The zero-order valence-electron chi connectivity index (χ0n) is 15.9. The van der Waals surface area contributed by atoms with E-state index >= 15 is 0 Å². The number of ether oxygens (including phenoxy) is 1. The van der Waals surface area contributed by atoms with Gasteiger partial charge in [0, 0.05) is 18.3 Å². The van der Waals surface area contributed by atoms with E-state index in [1.807, 2.05) is 18.2 Å². The van der Waals surface area contributed by atoms with Gasteiger partial charge in [-0.2, -0.15) is 0 Å². The average molecular weight is 391 g/mol. The van der Waals surface area contributed by atoms with Gasteiger partial charge in [-0.3, -0.25) is 4.79 Å². The third kappa shape index (κ3) is 4.43. The van der Waals surface area contributed by atoms with Crippen LogP contribution < -0.4 is 15.8 Å². The maximum absolute atomic E-state index is 13.3. The van der Waals surface area contributed by atoms with E-state index in [1.165, 1.54) is 17.8 Å². The first-order chi connectivity index (χ1) is 14.1. The van der Waals surface area contributed by atoms with Gasteiger partial charge >= 0.3 is 0 Å². The monoisotopic (exact) mass is 391 g/mol. The third-order valence-corrected chi connectivity index (χ3v) is 5.16. The fourth-order valence-electron chi connectivity index (χ4n) is 3.71. The van der Waals surface area contributed by atoms with Crippen molar-refractivity contribution in [2.45, 2.75) is 25.3 Å². The number of nitrogens with one attached hydrogen (secondary N) is 1. The fraction of sp³-hybridized carbons (Fsp3) is 0.217. The lowest BCUT2D eigenvalue weighted by Gasteiger charge is -2.15. The first kappa shape index (κ1) is 19.1. The summed E-state index contributed by atoms with van der Waals surface area (Å²) in [4.78, 5) is 15.3. The second-order valence-electron chi connectivity index (χ2n) is 7.10. The van der Waals surface area contributed by atoms with Crippen molar-refractivity contribution >= 4 is 5.91 Å². The summed E-state index contributed by atoms with van der Waals surface area (Å²) < 4.78 is 19.3. The van der Waals surface area contributed by atoms with Crippen LogP contribution in [0.25, 0.3) is 0 Å². The predicted molar refractivity (Wildman–Crippen MR) is 108 cm³/mol. The molecule has 0 bridgehead atoms. The number of nitrogens with zero attached hydrogens (tertiary/aromatic N) is 1. The Kier molecular flexibility index (Phi) is 5.53. The number of carbonyl (C=O) groups excluding carboxylic acids is 1. The van der Waals surface area contributed by atoms with E-state index < -0.39 is 5.91 Å². The first-order valence-corrected chi connectivity index (χ1v) is 9.63.